The Morgan fingerprint density at radius 2 is 2.18 bits per heavy atom. The maximum Gasteiger partial charge on any atom is 0.217 e. The number of ether oxygens (including phenoxy) is 1. The molecule has 0 aliphatic heterocycles. The maximum absolute atomic E-state index is 7.51. The van der Waals surface area contributed by atoms with Crippen LogP contribution in [-0.4, -0.2) is 10.5 Å². The molecule has 0 saturated heterocycles. The molecule has 0 heterocycles. The standard InChI is InChI=1S/C4H8OS2.C3H3N/c1-3(2)5-4(6)7;1-2-3-4/h3H,1-2H3,(H,6,7);2H,1H2. The van der Waals surface area contributed by atoms with Crippen LogP contribution < -0.4 is 0 Å². The highest BCUT2D eigenvalue weighted by molar-refractivity contribution is 8.10. The predicted octanol–water partition coefficient (Wildman–Crippen LogP) is 2.32. The average molecular weight is 189 g/mol. The summed E-state index contributed by atoms with van der Waals surface area (Å²) in [5, 5.41) is 7.51. The molecule has 0 aliphatic rings. The molecule has 0 unspecified atom stereocenters. The number of hydrogen-bond donors (Lipinski definition) is 1. The van der Waals surface area contributed by atoms with Gasteiger partial charge in [-0.2, -0.15) is 5.26 Å². The van der Waals surface area contributed by atoms with E-state index in [2.05, 4.69) is 31.4 Å². The van der Waals surface area contributed by atoms with Crippen molar-refractivity contribution in [1.29, 1.82) is 5.26 Å². The van der Waals surface area contributed by atoms with Crippen LogP contribution in [0.3, 0.4) is 0 Å². The Morgan fingerprint density at radius 3 is 2.18 bits per heavy atom. The van der Waals surface area contributed by atoms with Gasteiger partial charge in [-0.15, -0.1) is 0 Å². The van der Waals surface area contributed by atoms with E-state index >= 15 is 0 Å². The molecule has 0 aromatic carbocycles. The van der Waals surface area contributed by atoms with Crippen molar-refractivity contribution in [2.75, 3.05) is 0 Å². The summed E-state index contributed by atoms with van der Waals surface area (Å²) in [7, 11) is 0. The van der Waals surface area contributed by atoms with E-state index in [4.69, 9.17) is 10.00 Å². The van der Waals surface area contributed by atoms with Gasteiger partial charge in [-0.05, 0) is 26.1 Å². The number of nitriles is 1. The first kappa shape index (κ1) is 13.1. The van der Waals surface area contributed by atoms with Crippen LogP contribution in [0.5, 0.6) is 0 Å². The highest BCUT2D eigenvalue weighted by atomic mass is 32.1. The molecule has 0 saturated carbocycles. The lowest BCUT2D eigenvalue weighted by Gasteiger charge is -2.03. The first-order valence-electron chi connectivity index (χ1n) is 2.94. The fraction of sp³-hybridized carbons (Fsp3) is 0.429. The Hall–Kier alpha value is -0.530. The maximum atomic E-state index is 7.51. The van der Waals surface area contributed by atoms with Gasteiger partial charge in [-0.3, -0.25) is 0 Å². The average Bonchev–Trinajstić information content (AvgIpc) is 1.85. The van der Waals surface area contributed by atoms with Gasteiger partial charge >= 0.3 is 0 Å². The number of thiocarbonyl (C=S) groups is 1. The van der Waals surface area contributed by atoms with E-state index in [1.165, 1.54) is 6.08 Å². The van der Waals surface area contributed by atoms with Crippen molar-refractivity contribution in [3.63, 3.8) is 0 Å². The molecule has 0 aromatic heterocycles. The van der Waals surface area contributed by atoms with Gasteiger partial charge in [0.25, 0.3) is 0 Å². The van der Waals surface area contributed by atoms with Crippen LogP contribution in [0.4, 0.5) is 0 Å². The minimum atomic E-state index is 0.157. The Labute approximate surface area is 78.3 Å². The third kappa shape index (κ3) is 26.4. The number of hydrogen-bond acceptors (Lipinski definition) is 3. The summed E-state index contributed by atoms with van der Waals surface area (Å²) in [6.45, 7) is 6.93. The SMILES string of the molecule is C=CC#N.CC(C)OC(=S)S. The molecule has 62 valence electrons. The van der Waals surface area contributed by atoms with Crippen LogP contribution in [-0.2, 0) is 4.74 Å². The predicted molar refractivity (Wildman–Crippen MR) is 53.6 cm³/mol. The summed E-state index contributed by atoms with van der Waals surface area (Å²) in [6, 6.07) is 1.69. The second-order valence-corrected chi connectivity index (χ2v) is 2.85. The van der Waals surface area contributed by atoms with E-state index in [1.807, 2.05) is 13.8 Å². The zero-order valence-electron chi connectivity index (χ0n) is 6.57. The third-order valence-corrected chi connectivity index (χ3v) is 0.629. The summed E-state index contributed by atoms with van der Waals surface area (Å²) in [6.07, 6.45) is 1.34. The van der Waals surface area contributed by atoms with E-state index in [-0.39, 0.29) is 6.10 Å². The Balaban J connectivity index is 0. The van der Waals surface area contributed by atoms with Gasteiger partial charge < -0.3 is 4.74 Å². The normalized spacial score (nSPS) is 7.18. The van der Waals surface area contributed by atoms with Gasteiger partial charge in [0.05, 0.1) is 12.2 Å². The molecule has 0 amide bonds. The molecule has 0 aromatic rings. The molecule has 0 atom stereocenters. The highest BCUT2D eigenvalue weighted by Gasteiger charge is 1.91. The lowest BCUT2D eigenvalue weighted by Crippen LogP contribution is -2.02. The molecule has 0 N–H and O–H groups in total. The molecule has 11 heavy (non-hydrogen) atoms. The lowest BCUT2D eigenvalue weighted by atomic mass is 10.5. The van der Waals surface area contributed by atoms with Crippen LogP contribution in [0.2, 0.25) is 0 Å². The zero-order valence-corrected chi connectivity index (χ0v) is 8.28. The molecular formula is C7H11NOS2. The number of rotatable bonds is 1. The molecule has 0 spiro atoms. The van der Waals surface area contributed by atoms with E-state index < -0.39 is 0 Å². The van der Waals surface area contributed by atoms with Crippen molar-refractivity contribution in [3.8, 4) is 6.07 Å². The minimum Gasteiger partial charge on any atom is -0.476 e. The summed E-state index contributed by atoms with van der Waals surface area (Å²) in [4.78, 5) is 0. The molecule has 0 aliphatic carbocycles. The van der Waals surface area contributed by atoms with Crippen molar-refractivity contribution < 1.29 is 4.74 Å². The minimum absolute atomic E-state index is 0.157. The van der Waals surface area contributed by atoms with Gasteiger partial charge in [0.2, 0.25) is 4.38 Å². The van der Waals surface area contributed by atoms with E-state index in [1.54, 1.807) is 6.07 Å². The lowest BCUT2D eigenvalue weighted by molar-refractivity contribution is 0.243. The first-order chi connectivity index (χ1) is 5.04. The molecule has 0 rings (SSSR count). The molecule has 2 nitrogen and oxygen atoms in total. The van der Waals surface area contributed by atoms with E-state index in [0.717, 1.165) is 0 Å². The summed E-state index contributed by atoms with van der Waals surface area (Å²) in [5.41, 5.74) is 0. The monoisotopic (exact) mass is 189 g/mol. The second-order valence-electron chi connectivity index (χ2n) is 1.77. The molecular weight excluding hydrogens is 178 g/mol. The van der Waals surface area contributed by atoms with Gasteiger partial charge in [0.1, 0.15) is 0 Å². The molecule has 0 fully saturated rings. The topological polar surface area (TPSA) is 33.0 Å². The fourth-order valence-electron chi connectivity index (χ4n) is 0.202. The molecule has 0 radical (unpaired) electrons. The summed E-state index contributed by atoms with van der Waals surface area (Å²) < 4.78 is 5.16. The second kappa shape index (κ2) is 9.47. The smallest absolute Gasteiger partial charge is 0.217 e. The van der Waals surface area contributed by atoms with Crippen LogP contribution >= 0.6 is 24.8 Å². The van der Waals surface area contributed by atoms with Crippen LogP contribution in [0, 0.1) is 11.3 Å². The van der Waals surface area contributed by atoms with Crippen molar-refractivity contribution in [2.45, 2.75) is 20.0 Å². The van der Waals surface area contributed by atoms with E-state index in [0.29, 0.717) is 4.38 Å². The Morgan fingerprint density at radius 1 is 1.82 bits per heavy atom. The molecule has 4 heteroatoms. The van der Waals surface area contributed by atoms with E-state index in [9.17, 15) is 0 Å². The van der Waals surface area contributed by atoms with Crippen molar-refractivity contribution in [2.24, 2.45) is 0 Å². The quantitative estimate of drug-likeness (QED) is 0.390. The van der Waals surface area contributed by atoms with Gasteiger partial charge in [-0.25, -0.2) is 0 Å². The van der Waals surface area contributed by atoms with Crippen molar-refractivity contribution in [3.05, 3.63) is 12.7 Å². The summed E-state index contributed by atoms with van der Waals surface area (Å²) in [5.74, 6) is 0. The number of allylic oxidation sites excluding steroid dienone is 1. The number of nitrogens with zero attached hydrogens (tertiary/aromatic N) is 1. The summed E-state index contributed by atoms with van der Waals surface area (Å²) >= 11 is 8.26. The Kier molecular flexibility index (Phi) is 11.3. The van der Waals surface area contributed by atoms with Crippen LogP contribution in [0.1, 0.15) is 13.8 Å². The fourth-order valence-corrected chi connectivity index (χ4v) is 0.605. The van der Waals surface area contributed by atoms with Gasteiger partial charge in [0, 0.05) is 6.08 Å². The molecule has 0 bridgehead atoms. The first-order valence-corrected chi connectivity index (χ1v) is 3.80. The van der Waals surface area contributed by atoms with Gasteiger partial charge in [0.15, 0.2) is 0 Å². The van der Waals surface area contributed by atoms with Crippen LogP contribution in [0.15, 0.2) is 12.7 Å². The highest BCUT2D eigenvalue weighted by Crippen LogP contribution is 1.92. The Bertz CT molecular complexity index is 160. The third-order valence-electron chi connectivity index (χ3n) is 0.428. The van der Waals surface area contributed by atoms with Gasteiger partial charge in [-0.1, -0.05) is 19.2 Å². The van der Waals surface area contributed by atoms with Crippen LogP contribution in [0.25, 0.3) is 0 Å². The largest absolute Gasteiger partial charge is 0.476 e. The van der Waals surface area contributed by atoms with Crippen molar-refractivity contribution in [1.82, 2.24) is 0 Å². The number of thiol groups is 1. The zero-order chi connectivity index (χ0) is 9.28. The van der Waals surface area contributed by atoms with Crippen molar-refractivity contribution >= 4 is 29.2 Å².